The van der Waals surface area contributed by atoms with Crippen LogP contribution in [-0.4, -0.2) is 35.5 Å². The van der Waals surface area contributed by atoms with Crippen LogP contribution in [0.4, 0.5) is 0 Å². The number of carboxylic acids is 1. The van der Waals surface area contributed by atoms with Crippen LogP contribution in [0, 0.1) is 0 Å². The number of fused-ring (bicyclic) bond motifs is 1. The smallest absolute Gasteiger partial charge is 0.342 e. The fourth-order valence-corrected chi connectivity index (χ4v) is 4.60. The zero-order valence-corrected chi connectivity index (χ0v) is 22.0. The van der Waals surface area contributed by atoms with Crippen molar-refractivity contribution < 1.29 is 28.5 Å². The molecule has 0 unspecified atom stereocenters. The molecular weight excluding hydrogens is 516 g/mol. The highest BCUT2D eigenvalue weighted by atomic mass is 32.2. The average Bonchev–Trinajstić information content (AvgIpc) is 3.45. The molecule has 1 N–H and O–H groups in total. The number of thioether (sulfide) groups is 1. The lowest BCUT2D eigenvalue weighted by Crippen LogP contribution is -2.00. The molecule has 1 aromatic heterocycles. The summed E-state index contributed by atoms with van der Waals surface area (Å²) in [7, 11) is 3.09. The third kappa shape index (κ3) is 6.05. The predicted octanol–water partition coefficient (Wildman–Crippen LogP) is 6.70. The maximum absolute atomic E-state index is 12.3. The lowest BCUT2D eigenvalue weighted by Gasteiger charge is -2.13. The molecule has 0 aliphatic heterocycles. The van der Waals surface area contributed by atoms with E-state index < -0.39 is 5.97 Å². The maximum Gasteiger partial charge on any atom is 0.342 e. The van der Waals surface area contributed by atoms with Gasteiger partial charge in [-0.3, -0.25) is 0 Å². The first-order valence-electron chi connectivity index (χ1n) is 11.9. The number of aliphatic carboxylic acids is 1. The van der Waals surface area contributed by atoms with Crippen molar-refractivity contribution in [2.45, 2.75) is 11.8 Å². The SMILES string of the molecule is COc1cc(OC)cc(-c2nnc(S/C(=C\c3c(OCc4ccccc4)ccc4ccccc34)C(=O)O)o2)c1. The van der Waals surface area contributed by atoms with Gasteiger partial charge in [0.2, 0.25) is 5.89 Å². The van der Waals surface area contributed by atoms with Gasteiger partial charge in [-0.25, -0.2) is 4.79 Å². The topological polar surface area (TPSA) is 104 Å². The second-order valence-electron chi connectivity index (χ2n) is 8.36. The van der Waals surface area contributed by atoms with Gasteiger partial charge in [0, 0.05) is 17.2 Å². The van der Waals surface area contributed by atoms with Crippen LogP contribution in [0.15, 0.2) is 99.5 Å². The number of hydrogen-bond donors (Lipinski definition) is 1. The van der Waals surface area contributed by atoms with E-state index in [2.05, 4.69) is 10.2 Å². The number of carboxylic acid groups (broad SMARTS) is 1. The van der Waals surface area contributed by atoms with Crippen LogP contribution < -0.4 is 14.2 Å². The molecule has 0 bridgehead atoms. The zero-order chi connectivity index (χ0) is 27.2. The van der Waals surface area contributed by atoms with Crippen molar-refractivity contribution in [3.05, 3.63) is 101 Å². The van der Waals surface area contributed by atoms with E-state index in [1.54, 1.807) is 38.5 Å². The van der Waals surface area contributed by atoms with E-state index in [4.69, 9.17) is 18.6 Å². The Morgan fingerprint density at radius 2 is 1.64 bits per heavy atom. The first kappa shape index (κ1) is 25.9. The maximum atomic E-state index is 12.3. The summed E-state index contributed by atoms with van der Waals surface area (Å²) in [6.45, 7) is 0.340. The largest absolute Gasteiger partial charge is 0.497 e. The monoisotopic (exact) mass is 540 g/mol. The number of ether oxygens (including phenoxy) is 3. The Kier molecular flexibility index (Phi) is 7.79. The van der Waals surface area contributed by atoms with Crippen molar-refractivity contribution in [3.8, 4) is 28.7 Å². The van der Waals surface area contributed by atoms with Gasteiger partial charge in [0.25, 0.3) is 5.22 Å². The van der Waals surface area contributed by atoms with Gasteiger partial charge in [0.05, 0.1) is 14.2 Å². The number of rotatable bonds is 10. The molecule has 0 atom stereocenters. The Balaban J connectivity index is 1.49. The highest BCUT2D eigenvalue weighted by molar-refractivity contribution is 8.03. The van der Waals surface area contributed by atoms with Gasteiger partial charge in [-0.2, -0.15) is 0 Å². The van der Waals surface area contributed by atoms with Gasteiger partial charge >= 0.3 is 5.97 Å². The zero-order valence-electron chi connectivity index (χ0n) is 21.2. The Morgan fingerprint density at radius 3 is 2.36 bits per heavy atom. The molecule has 4 aromatic carbocycles. The summed E-state index contributed by atoms with van der Waals surface area (Å²) in [6, 6.07) is 26.5. The van der Waals surface area contributed by atoms with Gasteiger partial charge in [-0.05, 0) is 52.4 Å². The molecule has 0 aliphatic carbocycles. The number of benzene rings is 4. The van der Waals surface area contributed by atoms with Crippen LogP contribution in [0.3, 0.4) is 0 Å². The second-order valence-corrected chi connectivity index (χ2v) is 9.36. The first-order chi connectivity index (χ1) is 19.0. The van der Waals surface area contributed by atoms with Gasteiger partial charge in [-0.1, -0.05) is 60.7 Å². The number of aromatic nitrogens is 2. The number of hydrogen-bond acceptors (Lipinski definition) is 8. The van der Waals surface area contributed by atoms with E-state index in [1.165, 1.54) is 0 Å². The van der Waals surface area contributed by atoms with E-state index in [9.17, 15) is 9.90 Å². The second kappa shape index (κ2) is 11.7. The Bertz CT molecular complexity index is 1630. The van der Waals surface area contributed by atoms with Gasteiger partial charge in [0.1, 0.15) is 28.8 Å². The van der Waals surface area contributed by atoms with Crippen LogP contribution in [0.5, 0.6) is 17.2 Å². The minimum absolute atomic E-state index is 0.00524. The molecule has 0 amide bonds. The lowest BCUT2D eigenvalue weighted by atomic mass is 10.0. The van der Waals surface area contributed by atoms with E-state index in [-0.39, 0.29) is 16.0 Å². The average molecular weight is 541 g/mol. The van der Waals surface area contributed by atoms with Crippen molar-refractivity contribution in [1.29, 1.82) is 0 Å². The summed E-state index contributed by atoms with van der Waals surface area (Å²) in [5, 5.41) is 20.1. The number of nitrogens with zero attached hydrogens (tertiary/aromatic N) is 2. The van der Waals surface area contributed by atoms with E-state index in [1.807, 2.05) is 66.7 Å². The van der Waals surface area contributed by atoms with Crippen molar-refractivity contribution in [2.24, 2.45) is 0 Å². The molecule has 0 saturated heterocycles. The summed E-state index contributed by atoms with van der Waals surface area (Å²) in [5.74, 6) is 0.747. The fourth-order valence-electron chi connectivity index (χ4n) is 3.94. The molecule has 0 fully saturated rings. The van der Waals surface area contributed by atoms with Crippen LogP contribution in [0.25, 0.3) is 28.3 Å². The third-order valence-electron chi connectivity index (χ3n) is 5.86. The van der Waals surface area contributed by atoms with E-state index in [0.29, 0.717) is 35.0 Å². The molecular formula is C30H24N2O6S. The fraction of sp³-hybridized carbons (Fsp3) is 0.100. The van der Waals surface area contributed by atoms with Crippen molar-refractivity contribution in [3.63, 3.8) is 0 Å². The molecule has 39 heavy (non-hydrogen) atoms. The Labute approximate surface area is 228 Å². The normalized spacial score (nSPS) is 11.4. The van der Waals surface area contributed by atoms with Crippen LogP contribution in [-0.2, 0) is 11.4 Å². The highest BCUT2D eigenvalue weighted by Crippen LogP contribution is 2.36. The minimum Gasteiger partial charge on any atom is -0.497 e. The van der Waals surface area contributed by atoms with Crippen molar-refractivity contribution >= 4 is 34.6 Å². The molecule has 196 valence electrons. The Morgan fingerprint density at radius 1 is 0.923 bits per heavy atom. The van der Waals surface area contributed by atoms with E-state index >= 15 is 0 Å². The molecule has 0 spiro atoms. The quantitative estimate of drug-likeness (QED) is 0.153. The van der Waals surface area contributed by atoms with Crippen LogP contribution >= 0.6 is 11.8 Å². The van der Waals surface area contributed by atoms with Crippen molar-refractivity contribution in [2.75, 3.05) is 14.2 Å². The van der Waals surface area contributed by atoms with Gasteiger partial charge < -0.3 is 23.7 Å². The summed E-state index contributed by atoms with van der Waals surface area (Å²) >= 11 is 0.862. The molecule has 5 rings (SSSR count). The molecule has 0 saturated carbocycles. The Hall–Kier alpha value is -4.76. The molecule has 9 heteroatoms. The third-order valence-corrected chi connectivity index (χ3v) is 6.71. The highest BCUT2D eigenvalue weighted by Gasteiger charge is 2.19. The standard InChI is InChI=1S/C30H24N2O6S/c1-35-22-14-21(15-23(16-22)36-2)28-31-32-30(38-28)39-27(29(33)34)17-25-24-11-7-6-10-20(24)12-13-26(25)37-18-19-8-4-3-5-9-19/h3-17H,18H2,1-2H3,(H,33,34)/b27-17-. The predicted molar refractivity (Wildman–Crippen MR) is 149 cm³/mol. The summed E-state index contributed by atoms with van der Waals surface area (Å²) in [6.07, 6.45) is 1.58. The first-order valence-corrected chi connectivity index (χ1v) is 12.7. The molecule has 8 nitrogen and oxygen atoms in total. The van der Waals surface area contributed by atoms with Crippen molar-refractivity contribution in [1.82, 2.24) is 10.2 Å². The summed E-state index contributed by atoms with van der Waals surface area (Å²) in [5.41, 5.74) is 2.23. The summed E-state index contributed by atoms with van der Waals surface area (Å²) < 4.78 is 22.6. The van der Waals surface area contributed by atoms with Crippen LogP contribution in [0.1, 0.15) is 11.1 Å². The molecule has 5 aromatic rings. The number of methoxy groups -OCH3 is 2. The van der Waals surface area contributed by atoms with Gasteiger partial charge in [-0.15, -0.1) is 10.2 Å². The number of carbonyl (C=O) groups is 1. The van der Waals surface area contributed by atoms with Gasteiger partial charge in [0.15, 0.2) is 0 Å². The lowest BCUT2D eigenvalue weighted by molar-refractivity contribution is -0.131. The molecule has 0 aliphatic rings. The molecule has 0 radical (unpaired) electrons. The summed E-state index contributed by atoms with van der Waals surface area (Å²) in [4.78, 5) is 12.3. The molecule has 1 heterocycles. The van der Waals surface area contributed by atoms with Crippen LogP contribution in [0.2, 0.25) is 0 Å². The van der Waals surface area contributed by atoms with E-state index in [0.717, 1.165) is 28.1 Å². The minimum atomic E-state index is -1.13.